The fraction of sp³-hybridized carbons (Fsp3) is 0.556. The van der Waals surface area contributed by atoms with Crippen molar-refractivity contribution in [2.75, 3.05) is 26.2 Å². The zero-order valence-electron chi connectivity index (χ0n) is 14.3. The minimum absolute atomic E-state index is 0.0645. The molecule has 2 rings (SSSR count). The largest absolute Gasteiger partial charge is 0.339 e. The van der Waals surface area contributed by atoms with E-state index < -0.39 is 0 Å². The summed E-state index contributed by atoms with van der Waals surface area (Å²) in [6, 6.07) is 5.93. The summed E-state index contributed by atoms with van der Waals surface area (Å²) in [5.74, 6) is 0.223. The number of carbonyl (C=O) groups excluding carboxylic acids is 2. The van der Waals surface area contributed by atoms with Crippen LogP contribution in [0.5, 0.6) is 0 Å². The average Bonchev–Trinajstić information content (AvgIpc) is 2.44. The zero-order chi connectivity index (χ0) is 16.5. The third-order valence-corrected chi connectivity index (χ3v) is 3.96. The molecule has 0 radical (unpaired) electrons. The molecule has 4 heteroatoms. The molecule has 4 nitrogen and oxygen atoms in total. The number of rotatable bonds is 1. The van der Waals surface area contributed by atoms with Gasteiger partial charge in [-0.1, -0.05) is 38.0 Å². The SMILES string of the molecule is Cc1cc(C)cc(C(=O)N2CCN(C(=O)C(C)(C)C)CC2)c1. The van der Waals surface area contributed by atoms with E-state index in [0.29, 0.717) is 26.2 Å². The monoisotopic (exact) mass is 302 g/mol. The number of carbonyl (C=O) groups is 2. The molecular weight excluding hydrogens is 276 g/mol. The van der Waals surface area contributed by atoms with Gasteiger partial charge < -0.3 is 9.80 Å². The standard InChI is InChI=1S/C18H26N2O2/c1-13-10-14(2)12-15(11-13)16(21)19-6-8-20(9-7-19)17(22)18(3,4)5/h10-12H,6-9H2,1-5H3. The van der Waals surface area contributed by atoms with Crippen molar-refractivity contribution in [1.29, 1.82) is 0 Å². The molecule has 0 N–H and O–H groups in total. The summed E-state index contributed by atoms with van der Waals surface area (Å²) in [7, 11) is 0. The lowest BCUT2D eigenvalue weighted by atomic mass is 9.94. The second-order valence-corrected chi connectivity index (χ2v) is 7.21. The van der Waals surface area contributed by atoms with Gasteiger partial charge in [0.05, 0.1) is 0 Å². The number of hydrogen-bond donors (Lipinski definition) is 0. The predicted octanol–water partition coefficient (Wildman–Crippen LogP) is 2.63. The van der Waals surface area contributed by atoms with Gasteiger partial charge >= 0.3 is 0 Å². The molecule has 0 unspecified atom stereocenters. The predicted molar refractivity (Wildman–Crippen MR) is 87.9 cm³/mol. The van der Waals surface area contributed by atoms with Crippen molar-refractivity contribution >= 4 is 11.8 Å². The van der Waals surface area contributed by atoms with E-state index >= 15 is 0 Å². The van der Waals surface area contributed by atoms with Crippen molar-refractivity contribution in [2.24, 2.45) is 5.41 Å². The maximum Gasteiger partial charge on any atom is 0.253 e. The van der Waals surface area contributed by atoms with E-state index in [1.165, 1.54) is 0 Å². The highest BCUT2D eigenvalue weighted by Crippen LogP contribution is 2.19. The second kappa shape index (κ2) is 6.11. The smallest absolute Gasteiger partial charge is 0.253 e. The van der Waals surface area contributed by atoms with E-state index in [-0.39, 0.29) is 17.2 Å². The number of aryl methyl sites for hydroxylation is 2. The van der Waals surface area contributed by atoms with E-state index in [9.17, 15) is 9.59 Å². The van der Waals surface area contributed by atoms with Crippen molar-refractivity contribution in [3.63, 3.8) is 0 Å². The van der Waals surface area contributed by atoms with Crippen LogP contribution in [0.3, 0.4) is 0 Å². The van der Waals surface area contributed by atoms with Crippen LogP contribution >= 0.6 is 0 Å². The second-order valence-electron chi connectivity index (χ2n) is 7.21. The van der Waals surface area contributed by atoms with Gasteiger partial charge in [0.1, 0.15) is 0 Å². The zero-order valence-corrected chi connectivity index (χ0v) is 14.3. The quantitative estimate of drug-likeness (QED) is 0.800. The molecule has 1 fully saturated rings. The van der Waals surface area contributed by atoms with Crippen LogP contribution in [0, 0.1) is 19.3 Å². The van der Waals surface area contributed by atoms with Crippen LogP contribution < -0.4 is 0 Å². The van der Waals surface area contributed by atoms with E-state index in [2.05, 4.69) is 6.07 Å². The van der Waals surface area contributed by atoms with Crippen molar-refractivity contribution in [2.45, 2.75) is 34.6 Å². The average molecular weight is 302 g/mol. The van der Waals surface area contributed by atoms with Crippen LogP contribution in [0.15, 0.2) is 18.2 Å². The highest BCUT2D eigenvalue weighted by atomic mass is 16.2. The van der Waals surface area contributed by atoms with Crippen LogP contribution in [0.25, 0.3) is 0 Å². The van der Waals surface area contributed by atoms with E-state index in [0.717, 1.165) is 16.7 Å². The first-order chi connectivity index (χ1) is 10.2. The van der Waals surface area contributed by atoms with E-state index in [1.807, 2.05) is 56.6 Å². The summed E-state index contributed by atoms with van der Waals surface area (Å²) in [5.41, 5.74) is 2.59. The molecule has 0 spiro atoms. The molecule has 1 saturated heterocycles. The third-order valence-electron chi connectivity index (χ3n) is 3.96. The number of nitrogens with zero attached hydrogens (tertiary/aromatic N) is 2. The van der Waals surface area contributed by atoms with Gasteiger partial charge in [0, 0.05) is 37.2 Å². The number of piperazine rings is 1. The Bertz CT molecular complexity index is 559. The summed E-state index contributed by atoms with van der Waals surface area (Å²) in [6.07, 6.45) is 0. The molecular formula is C18H26N2O2. The summed E-state index contributed by atoms with van der Waals surface area (Å²) < 4.78 is 0. The molecule has 0 aromatic heterocycles. The van der Waals surface area contributed by atoms with Crippen molar-refractivity contribution < 1.29 is 9.59 Å². The van der Waals surface area contributed by atoms with Crippen LogP contribution in [0.4, 0.5) is 0 Å². The first-order valence-electron chi connectivity index (χ1n) is 7.85. The minimum atomic E-state index is -0.361. The summed E-state index contributed by atoms with van der Waals surface area (Å²) >= 11 is 0. The van der Waals surface area contributed by atoms with Crippen LogP contribution in [-0.4, -0.2) is 47.8 Å². The number of amides is 2. The lowest BCUT2D eigenvalue weighted by molar-refractivity contribution is -0.140. The topological polar surface area (TPSA) is 40.6 Å². The first-order valence-corrected chi connectivity index (χ1v) is 7.85. The molecule has 1 aliphatic heterocycles. The minimum Gasteiger partial charge on any atom is -0.339 e. The summed E-state index contributed by atoms with van der Waals surface area (Å²) in [6.45, 7) is 12.3. The highest BCUT2D eigenvalue weighted by Gasteiger charge is 2.31. The molecule has 0 aliphatic carbocycles. The molecule has 0 saturated carbocycles. The first kappa shape index (κ1) is 16.5. The molecule has 0 atom stereocenters. The van der Waals surface area contributed by atoms with E-state index in [4.69, 9.17) is 0 Å². The van der Waals surface area contributed by atoms with Crippen molar-refractivity contribution in [3.05, 3.63) is 34.9 Å². The Hall–Kier alpha value is -1.84. The Balaban J connectivity index is 2.02. The molecule has 1 aliphatic rings. The number of benzene rings is 1. The summed E-state index contributed by atoms with van der Waals surface area (Å²) in [5, 5.41) is 0. The van der Waals surface area contributed by atoms with Crippen LogP contribution in [-0.2, 0) is 4.79 Å². The van der Waals surface area contributed by atoms with Gasteiger partial charge in [-0.15, -0.1) is 0 Å². The Kier molecular flexibility index (Phi) is 4.59. The normalized spacial score (nSPS) is 15.9. The van der Waals surface area contributed by atoms with Gasteiger partial charge in [-0.25, -0.2) is 0 Å². The molecule has 22 heavy (non-hydrogen) atoms. The van der Waals surface area contributed by atoms with Gasteiger partial charge in [0.15, 0.2) is 0 Å². The van der Waals surface area contributed by atoms with Crippen LogP contribution in [0.2, 0.25) is 0 Å². The van der Waals surface area contributed by atoms with Gasteiger partial charge in [-0.3, -0.25) is 9.59 Å². The van der Waals surface area contributed by atoms with Gasteiger partial charge in [-0.05, 0) is 26.0 Å². The molecule has 1 aromatic rings. The maximum absolute atomic E-state index is 12.6. The fourth-order valence-electron chi connectivity index (χ4n) is 2.87. The van der Waals surface area contributed by atoms with Gasteiger partial charge in [0.25, 0.3) is 5.91 Å². The van der Waals surface area contributed by atoms with Crippen molar-refractivity contribution in [3.8, 4) is 0 Å². The van der Waals surface area contributed by atoms with Gasteiger partial charge in [0.2, 0.25) is 5.91 Å². The molecule has 120 valence electrons. The number of hydrogen-bond acceptors (Lipinski definition) is 2. The lowest BCUT2D eigenvalue weighted by Crippen LogP contribution is -2.53. The summed E-state index contributed by atoms with van der Waals surface area (Å²) in [4.78, 5) is 28.6. The Morgan fingerprint density at radius 1 is 0.864 bits per heavy atom. The van der Waals surface area contributed by atoms with Gasteiger partial charge in [-0.2, -0.15) is 0 Å². The van der Waals surface area contributed by atoms with Crippen molar-refractivity contribution in [1.82, 2.24) is 9.80 Å². The van der Waals surface area contributed by atoms with Crippen LogP contribution in [0.1, 0.15) is 42.3 Å². The molecule has 2 amide bonds. The van der Waals surface area contributed by atoms with E-state index in [1.54, 1.807) is 0 Å². The fourth-order valence-corrected chi connectivity index (χ4v) is 2.87. The Morgan fingerprint density at radius 2 is 1.32 bits per heavy atom. The Labute approximate surface area is 133 Å². The highest BCUT2D eigenvalue weighted by molar-refractivity contribution is 5.94. The molecule has 1 heterocycles. The Morgan fingerprint density at radius 3 is 1.77 bits per heavy atom. The molecule has 0 bridgehead atoms. The lowest BCUT2D eigenvalue weighted by Gasteiger charge is -2.37. The third kappa shape index (κ3) is 3.67. The molecule has 1 aromatic carbocycles. The maximum atomic E-state index is 12.6.